The van der Waals surface area contributed by atoms with E-state index in [0.29, 0.717) is 22.5 Å². The number of amides is 4. The van der Waals surface area contributed by atoms with E-state index >= 15 is 0 Å². The molecule has 0 saturated carbocycles. The van der Waals surface area contributed by atoms with E-state index in [2.05, 4.69) is 20.9 Å². The Morgan fingerprint density at radius 2 is 2.14 bits per heavy atom. The summed E-state index contributed by atoms with van der Waals surface area (Å²) in [4.78, 5) is 50.1. The minimum atomic E-state index is -0.719. The van der Waals surface area contributed by atoms with Crippen LogP contribution in [0.4, 0.5) is 5.69 Å². The van der Waals surface area contributed by atoms with Gasteiger partial charge in [0.25, 0.3) is 5.91 Å². The van der Waals surface area contributed by atoms with Gasteiger partial charge in [-0.05, 0) is 18.6 Å². The summed E-state index contributed by atoms with van der Waals surface area (Å²) in [7, 11) is 0. The molecule has 29 heavy (non-hydrogen) atoms. The van der Waals surface area contributed by atoms with Gasteiger partial charge in [0.05, 0.1) is 12.8 Å². The number of imide groups is 1. The Kier molecular flexibility index (Phi) is 4.80. The van der Waals surface area contributed by atoms with E-state index < -0.39 is 11.9 Å². The summed E-state index contributed by atoms with van der Waals surface area (Å²) in [5, 5.41) is 21.5. The second-order valence-electron chi connectivity index (χ2n) is 6.85. The summed E-state index contributed by atoms with van der Waals surface area (Å²) >= 11 is 0. The topological polar surface area (TPSA) is 147 Å². The first-order valence-corrected chi connectivity index (χ1v) is 9.02. The van der Waals surface area contributed by atoms with Crippen LogP contribution in [-0.4, -0.2) is 54.7 Å². The number of benzene rings is 1. The van der Waals surface area contributed by atoms with Crippen LogP contribution in [0.2, 0.25) is 0 Å². The van der Waals surface area contributed by atoms with Crippen LogP contribution in [0, 0.1) is 0 Å². The van der Waals surface area contributed by atoms with Crippen molar-refractivity contribution >= 4 is 29.3 Å². The predicted molar refractivity (Wildman–Crippen MR) is 97.1 cm³/mol. The second kappa shape index (κ2) is 7.43. The quantitative estimate of drug-likeness (QED) is 0.557. The van der Waals surface area contributed by atoms with Crippen LogP contribution in [0.15, 0.2) is 24.4 Å². The third kappa shape index (κ3) is 3.59. The molecular weight excluding hydrogens is 380 g/mol. The normalized spacial score (nSPS) is 18.6. The number of aliphatic hydroxyl groups is 1. The number of nitrogens with one attached hydrogen (secondary N) is 2. The first-order chi connectivity index (χ1) is 14.0. The fraction of sp³-hybridized carbons (Fsp3) is 0.333. The zero-order valence-corrected chi connectivity index (χ0v) is 15.3. The van der Waals surface area contributed by atoms with Gasteiger partial charge in [0.2, 0.25) is 17.7 Å². The van der Waals surface area contributed by atoms with Gasteiger partial charge in [-0.3, -0.25) is 24.5 Å². The Balaban J connectivity index is 1.50. The zero-order chi connectivity index (χ0) is 20.5. The molecular formula is C18H18N6O5. The molecule has 3 N–H and O–H groups in total. The van der Waals surface area contributed by atoms with Crippen molar-refractivity contribution in [3.63, 3.8) is 0 Å². The summed E-state index contributed by atoms with van der Waals surface area (Å²) in [5.41, 5.74) is 1.85. The van der Waals surface area contributed by atoms with Crippen molar-refractivity contribution < 1.29 is 24.3 Å². The van der Waals surface area contributed by atoms with E-state index in [1.807, 2.05) is 0 Å². The van der Waals surface area contributed by atoms with Gasteiger partial charge in [-0.25, -0.2) is 4.68 Å². The summed E-state index contributed by atoms with van der Waals surface area (Å²) in [6.07, 6.45) is 1.91. The highest BCUT2D eigenvalue weighted by Gasteiger charge is 2.39. The Morgan fingerprint density at radius 1 is 1.31 bits per heavy atom. The van der Waals surface area contributed by atoms with Crippen molar-refractivity contribution in [1.82, 2.24) is 25.2 Å². The van der Waals surface area contributed by atoms with Crippen LogP contribution in [0.25, 0.3) is 0 Å². The average Bonchev–Trinajstić information content (AvgIpc) is 3.27. The third-order valence-electron chi connectivity index (χ3n) is 4.91. The average molecular weight is 398 g/mol. The molecule has 11 nitrogen and oxygen atoms in total. The fourth-order valence-corrected chi connectivity index (χ4v) is 3.53. The van der Waals surface area contributed by atoms with E-state index in [1.54, 1.807) is 18.2 Å². The van der Waals surface area contributed by atoms with E-state index in [4.69, 9.17) is 5.11 Å². The second-order valence-corrected chi connectivity index (χ2v) is 6.85. The number of hydrogen-bond acceptors (Lipinski definition) is 7. The highest BCUT2D eigenvalue weighted by molar-refractivity contribution is 6.06. The van der Waals surface area contributed by atoms with Crippen molar-refractivity contribution in [3.05, 3.63) is 41.2 Å². The fourth-order valence-electron chi connectivity index (χ4n) is 3.53. The summed E-state index contributed by atoms with van der Waals surface area (Å²) < 4.78 is 1.30. The molecule has 0 bridgehead atoms. The van der Waals surface area contributed by atoms with Gasteiger partial charge in [-0.15, -0.1) is 5.10 Å². The molecule has 0 spiro atoms. The van der Waals surface area contributed by atoms with Gasteiger partial charge in [-0.2, -0.15) is 0 Å². The van der Waals surface area contributed by atoms with Gasteiger partial charge in [0, 0.05) is 29.8 Å². The lowest BCUT2D eigenvalue weighted by Gasteiger charge is -2.29. The number of anilines is 1. The van der Waals surface area contributed by atoms with Gasteiger partial charge >= 0.3 is 0 Å². The number of nitrogens with zero attached hydrogens (tertiary/aromatic N) is 4. The van der Waals surface area contributed by atoms with Crippen LogP contribution in [0.3, 0.4) is 0 Å². The number of carbonyl (C=O) groups is 4. The van der Waals surface area contributed by atoms with Crippen molar-refractivity contribution in [2.75, 3.05) is 5.32 Å². The molecule has 1 aromatic carbocycles. The molecule has 4 rings (SSSR count). The highest BCUT2D eigenvalue weighted by Crippen LogP contribution is 2.32. The zero-order valence-electron chi connectivity index (χ0n) is 15.3. The Morgan fingerprint density at radius 3 is 2.86 bits per heavy atom. The van der Waals surface area contributed by atoms with Gasteiger partial charge in [0.15, 0.2) is 0 Å². The van der Waals surface area contributed by atoms with Crippen LogP contribution in [-0.2, 0) is 34.1 Å². The Hall–Kier alpha value is -3.60. The third-order valence-corrected chi connectivity index (χ3v) is 4.91. The summed E-state index contributed by atoms with van der Waals surface area (Å²) in [5.74, 6) is -1.52. The first-order valence-electron chi connectivity index (χ1n) is 9.02. The number of rotatable bonds is 5. The monoisotopic (exact) mass is 398 g/mol. The molecule has 2 aromatic rings. The van der Waals surface area contributed by atoms with E-state index in [1.165, 1.54) is 15.8 Å². The van der Waals surface area contributed by atoms with Gasteiger partial charge in [-0.1, -0.05) is 11.3 Å². The predicted octanol–water partition coefficient (Wildman–Crippen LogP) is -0.830. The molecule has 1 aromatic heterocycles. The van der Waals surface area contributed by atoms with Crippen molar-refractivity contribution in [3.8, 4) is 0 Å². The lowest BCUT2D eigenvalue weighted by Crippen LogP contribution is -2.52. The van der Waals surface area contributed by atoms with Crippen molar-refractivity contribution in [2.45, 2.75) is 38.6 Å². The molecule has 150 valence electrons. The highest BCUT2D eigenvalue weighted by atomic mass is 16.3. The van der Waals surface area contributed by atoms with Gasteiger partial charge in [0.1, 0.15) is 18.3 Å². The number of piperidine rings is 1. The lowest BCUT2D eigenvalue weighted by molar-refractivity contribution is -0.137. The molecule has 11 heteroatoms. The minimum Gasteiger partial charge on any atom is -0.390 e. The van der Waals surface area contributed by atoms with Crippen LogP contribution >= 0.6 is 0 Å². The molecule has 1 saturated heterocycles. The van der Waals surface area contributed by atoms with Crippen LogP contribution in [0.5, 0.6) is 0 Å². The Labute approximate surface area is 164 Å². The smallest absolute Gasteiger partial charge is 0.255 e. The largest absolute Gasteiger partial charge is 0.390 e. The molecule has 0 aliphatic carbocycles. The molecule has 4 amide bonds. The van der Waals surface area contributed by atoms with Crippen molar-refractivity contribution in [2.24, 2.45) is 0 Å². The van der Waals surface area contributed by atoms with Crippen LogP contribution in [0.1, 0.15) is 34.5 Å². The maximum atomic E-state index is 12.8. The number of hydrogen-bond donors (Lipinski definition) is 3. The molecule has 1 fully saturated rings. The minimum absolute atomic E-state index is 0.110. The lowest BCUT2D eigenvalue weighted by atomic mass is 10.0. The van der Waals surface area contributed by atoms with E-state index in [-0.39, 0.29) is 50.3 Å². The van der Waals surface area contributed by atoms with Crippen molar-refractivity contribution in [1.29, 1.82) is 0 Å². The van der Waals surface area contributed by atoms with E-state index in [9.17, 15) is 19.2 Å². The molecule has 2 aliphatic heterocycles. The van der Waals surface area contributed by atoms with Crippen LogP contribution < -0.4 is 10.6 Å². The number of carbonyl (C=O) groups excluding carboxylic acids is 4. The SMILES string of the molecule is O=C1CCC(N2Cc3c(NC(=O)Cn4cc(CO)nn4)cccc3C2=O)C(=O)N1. The molecule has 0 radical (unpaired) electrons. The molecule has 1 atom stereocenters. The van der Waals surface area contributed by atoms with E-state index in [0.717, 1.165) is 0 Å². The summed E-state index contributed by atoms with van der Waals surface area (Å²) in [6.45, 7) is -0.220. The number of aromatic nitrogens is 3. The molecule has 3 heterocycles. The first kappa shape index (κ1) is 18.7. The maximum absolute atomic E-state index is 12.8. The maximum Gasteiger partial charge on any atom is 0.255 e. The Bertz CT molecular complexity index is 1020. The molecule has 1 unspecified atom stereocenters. The molecule has 2 aliphatic rings. The standard InChI is InChI=1S/C18H18N6O5/c25-9-10-6-23(22-21-10)8-16(27)19-13-3-1-2-11-12(13)7-24(18(11)29)14-4-5-15(26)20-17(14)28/h1-3,6,14,25H,4-5,7-9H2,(H,19,27)(H,20,26,28). The van der Waals surface area contributed by atoms with Gasteiger partial charge < -0.3 is 15.3 Å². The number of fused-ring (bicyclic) bond motifs is 1. The summed E-state index contributed by atoms with van der Waals surface area (Å²) in [6, 6.07) is 4.26. The number of aliphatic hydroxyl groups excluding tert-OH is 1.